The number of anilines is 3. The first-order valence-electron chi connectivity index (χ1n) is 18.0. The number of rotatable bonds is 5. The van der Waals surface area contributed by atoms with Gasteiger partial charge in [-0.3, -0.25) is 0 Å². The van der Waals surface area contributed by atoms with Gasteiger partial charge in [0.1, 0.15) is 0 Å². The predicted molar refractivity (Wildman–Crippen MR) is 233 cm³/mol. The van der Waals surface area contributed by atoms with Crippen molar-refractivity contribution in [3.63, 3.8) is 0 Å². The molecule has 53 heavy (non-hydrogen) atoms. The number of nitrogens with zero attached hydrogens (tertiary/aromatic N) is 1. The fourth-order valence-electron chi connectivity index (χ4n) is 8.39. The van der Waals surface area contributed by atoms with Crippen LogP contribution in [0.3, 0.4) is 0 Å². The molecule has 11 aromatic rings. The summed E-state index contributed by atoms with van der Waals surface area (Å²) in [6.07, 6.45) is 0. The van der Waals surface area contributed by atoms with E-state index in [1.54, 1.807) is 0 Å². The van der Waals surface area contributed by atoms with Crippen molar-refractivity contribution in [3.8, 4) is 22.3 Å². The summed E-state index contributed by atoms with van der Waals surface area (Å²) in [5, 5.41) is 10.2. The largest absolute Gasteiger partial charge is 0.309 e. The Bertz CT molecular complexity index is 3190. The van der Waals surface area contributed by atoms with Gasteiger partial charge in [0.25, 0.3) is 0 Å². The van der Waals surface area contributed by atoms with Gasteiger partial charge in [0.05, 0.1) is 11.4 Å². The molecule has 3 heteroatoms. The average Bonchev–Trinajstić information content (AvgIpc) is 3.80. The van der Waals surface area contributed by atoms with E-state index in [4.69, 9.17) is 0 Å². The van der Waals surface area contributed by atoms with Crippen LogP contribution in [0.4, 0.5) is 17.1 Å². The first-order chi connectivity index (χ1) is 26.3. The van der Waals surface area contributed by atoms with Crippen molar-refractivity contribution in [2.24, 2.45) is 0 Å². The van der Waals surface area contributed by atoms with Gasteiger partial charge in [-0.25, -0.2) is 0 Å². The minimum absolute atomic E-state index is 1.14. The Balaban J connectivity index is 1.30. The molecular weight excluding hydrogens is 679 g/mol. The van der Waals surface area contributed by atoms with Crippen LogP contribution in [0.1, 0.15) is 0 Å². The van der Waals surface area contributed by atoms with E-state index in [1.807, 2.05) is 22.7 Å². The maximum atomic E-state index is 2.56. The minimum atomic E-state index is 1.14. The van der Waals surface area contributed by atoms with E-state index >= 15 is 0 Å². The summed E-state index contributed by atoms with van der Waals surface area (Å²) in [5.41, 5.74) is 8.33. The summed E-state index contributed by atoms with van der Waals surface area (Å²) in [5.74, 6) is 0. The highest BCUT2D eigenvalue weighted by Gasteiger charge is 2.26. The van der Waals surface area contributed by atoms with Crippen molar-refractivity contribution in [2.75, 3.05) is 4.90 Å². The van der Waals surface area contributed by atoms with E-state index in [1.165, 1.54) is 89.8 Å². The summed E-state index contributed by atoms with van der Waals surface area (Å²) in [6.45, 7) is 0. The van der Waals surface area contributed by atoms with Crippen LogP contribution >= 0.6 is 22.7 Å². The molecule has 1 nitrogen and oxygen atoms in total. The number of thiophene rings is 2. The SMILES string of the molecule is c1ccc(-c2c(N(c3ccc4c(c3)sc3ccccc34)c3ccccc3-c3cccc4sc5ccccc5c34)c3ccccc3c3ccccc23)cc1. The van der Waals surface area contributed by atoms with E-state index < -0.39 is 0 Å². The molecule has 0 fully saturated rings. The Morgan fingerprint density at radius 3 is 1.70 bits per heavy atom. The third-order valence-electron chi connectivity index (χ3n) is 10.6. The lowest BCUT2D eigenvalue weighted by Crippen LogP contribution is -2.13. The zero-order valence-corrected chi connectivity index (χ0v) is 30.3. The zero-order valence-electron chi connectivity index (χ0n) is 28.7. The number of fused-ring (bicyclic) bond motifs is 9. The first kappa shape index (κ1) is 30.4. The summed E-state index contributed by atoms with van der Waals surface area (Å²) in [7, 11) is 0. The fourth-order valence-corrected chi connectivity index (χ4v) is 10.7. The molecule has 0 bridgehead atoms. The van der Waals surface area contributed by atoms with Crippen LogP contribution in [0.15, 0.2) is 188 Å². The molecule has 2 aromatic heterocycles. The predicted octanol–water partition coefficient (Wildman–Crippen LogP) is 15.5. The topological polar surface area (TPSA) is 3.24 Å². The molecule has 248 valence electrons. The van der Waals surface area contributed by atoms with Gasteiger partial charge in [-0.2, -0.15) is 0 Å². The molecule has 9 aromatic carbocycles. The van der Waals surface area contributed by atoms with Gasteiger partial charge in [0.15, 0.2) is 0 Å². The minimum Gasteiger partial charge on any atom is -0.309 e. The zero-order chi connectivity index (χ0) is 34.9. The summed E-state index contributed by atoms with van der Waals surface area (Å²) in [4.78, 5) is 2.56. The smallest absolute Gasteiger partial charge is 0.0625 e. The first-order valence-corrected chi connectivity index (χ1v) is 19.6. The van der Waals surface area contributed by atoms with Gasteiger partial charge >= 0.3 is 0 Å². The second-order valence-electron chi connectivity index (χ2n) is 13.6. The highest BCUT2D eigenvalue weighted by atomic mass is 32.1. The molecule has 0 aliphatic rings. The number of benzene rings is 9. The van der Waals surface area contributed by atoms with Crippen LogP contribution in [-0.2, 0) is 0 Å². The van der Waals surface area contributed by atoms with Crippen LogP contribution in [0.5, 0.6) is 0 Å². The quantitative estimate of drug-likeness (QED) is 0.161. The molecule has 11 rings (SSSR count). The fraction of sp³-hybridized carbons (Fsp3) is 0. The van der Waals surface area contributed by atoms with Crippen molar-refractivity contribution in [1.29, 1.82) is 0 Å². The Morgan fingerprint density at radius 1 is 0.340 bits per heavy atom. The van der Waals surface area contributed by atoms with Crippen LogP contribution in [0.2, 0.25) is 0 Å². The lowest BCUT2D eigenvalue weighted by atomic mass is 9.89. The van der Waals surface area contributed by atoms with Gasteiger partial charge in [-0.1, -0.05) is 152 Å². The molecule has 0 aliphatic heterocycles. The maximum absolute atomic E-state index is 2.56. The Hall–Kier alpha value is -6.26. The molecular formula is C50H31NS2. The molecule has 0 aliphatic carbocycles. The third-order valence-corrected chi connectivity index (χ3v) is 12.9. The van der Waals surface area contributed by atoms with E-state index in [9.17, 15) is 0 Å². The molecule has 0 spiro atoms. The molecule has 0 unspecified atom stereocenters. The van der Waals surface area contributed by atoms with Gasteiger partial charge in [-0.15, -0.1) is 22.7 Å². The Kier molecular flexibility index (Phi) is 6.97. The maximum Gasteiger partial charge on any atom is 0.0625 e. The van der Waals surface area contributed by atoms with Crippen molar-refractivity contribution < 1.29 is 0 Å². The van der Waals surface area contributed by atoms with Crippen LogP contribution in [0.25, 0.3) is 84.1 Å². The highest BCUT2D eigenvalue weighted by Crippen LogP contribution is 2.53. The monoisotopic (exact) mass is 709 g/mol. The molecule has 0 N–H and O–H groups in total. The highest BCUT2D eigenvalue weighted by molar-refractivity contribution is 7.26. The molecule has 0 saturated heterocycles. The standard InChI is InChI=1S/C50H31NS2/c1-2-15-32(16-3-1)48-39-21-6-4-17-34(39)35-18-5-7-22-41(35)50(48)51(33-29-30-38-37-20-9-12-26-44(37)53-47(38)31-33)43-25-11-8-19-36(43)40-24-14-28-46-49(40)42-23-10-13-27-45(42)52-46/h1-31H. The van der Waals surface area contributed by atoms with Crippen molar-refractivity contribution in [1.82, 2.24) is 0 Å². The van der Waals surface area contributed by atoms with Crippen molar-refractivity contribution in [2.45, 2.75) is 0 Å². The molecule has 0 saturated carbocycles. The van der Waals surface area contributed by atoms with E-state index in [0.29, 0.717) is 0 Å². The van der Waals surface area contributed by atoms with Crippen LogP contribution < -0.4 is 4.90 Å². The normalized spacial score (nSPS) is 11.8. The van der Waals surface area contributed by atoms with E-state index in [-0.39, 0.29) is 0 Å². The number of hydrogen-bond acceptors (Lipinski definition) is 3. The second kappa shape index (κ2) is 12.2. The van der Waals surface area contributed by atoms with Gasteiger partial charge < -0.3 is 4.90 Å². The summed E-state index contributed by atoms with van der Waals surface area (Å²) in [6, 6.07) is 69.3. The van der Waals surface area contributed by atoms with Gasteiger partial charge in [0.2, 0.25) is 0 Å². The lowest BCUT2D eigenvalue weighted by Gasteiger charge is -2.32. The lowest BCUT2D eigenvalue weighted by molar-refractivity contribution is 1.31. The third kappa shape index (κ3) is 4.75. The van der Waals surface area contributed by atoms with Crippen molar-refractivity contribution >= 4 is 102 Å². The van der Waals surface area contributed by atoms with Gasteiger partial charge in [-0.05, 0) is 63.7 Å². The molecule has 0 amide bonds. The number of hydrogen-bond donors (Lipinski definition) is 0. The Labute approximate surface area is 315 Å². The Morgan fingerprint density at radius 2 is 0.887 bits per heavy atom. The number of para-hydroxylation sites is 1. The summed E-state index contributed by atoms with van der Waals surface area (Å²) < 4.78 is 5.21. The summed E-state index contributed by atoms with van der Waals surface area (Å²) >= 11 is 3.74. The molecule has 0 atom stereocenters. The van der Waals surface area contributed by atoms with E-state index in [0.717, 1.165) is 11.4 Å². The second-order valence-corrected chi connectivity index (χ2v) is 15.8. The van der Waals surface area contributed by atoms with Crippen molar-refractivity contribution in [3.05, 3.63) is 188 Å². The van der Waals surface area contributed by atoms with Crippen LogP contribution in [-0.4, -0.2) is 0 Å². The van der Waals surface area contributed by atoms with E-state index in [2.05, 4.69) is 193 Å². The average molecular weight is 710 g/mol. The van der Waals surface area contributed by atoms with Crippen LogP contribution in [0, 0.1) is 0 Å². The van der Waals surface area contributed by atoms with Gasteiger partial charge in [0, 0.05) is 62.5 Å². The molecule has 0 radical (unpaired) electrons. The molecule has 2 heterocycles.